The average molecular weight is 506 g/mol. The van der Waals surface area contributed by atoms with E-state index in [1.54, 1.807) is 18.2 Å². The van der Waals surface area contributed by atoms with Crippen molar-refractivity contribution in [2.24, 2.45) is 0 Å². The summed E-state index contributed by atoms with van der Waals surface area (Å²) in [6.45, 7) is 3.48. The van der Waals surface area contributed by atoms with E-state index in [0.717, 1.165) is 23.1 Å². The third kappa shape index (κ3) is 6.82. The molecule has 1 aliphatic rings. The first-order valence-corrected chi connectivity index (χ1v) is 12.5. The predicted octanol–water partition coefficient (Wildman–Crippen LogP) is 5.66. The summed E-state index contributed by atoms with van der Waals surface area (Å²) in [6, 6.07) is 24.2. The summed E-state index contributed by atoms with van der Waals surface area (Å²) in [5, 5.41) is -0.314. The van der Waals surface area contributed by atoms with E-state index < -0.39 is 0 Å². The van der Waals surface area contributed by atoms with Crippen molar-refractivity contribution in [2.75, 3.05) is 33.0 Å². The summed E-state index contributed by atoms with van der Waals surface area (Å²) in [5.41, 5.74) is 0.734. The predicted molar refractivity (Wildman–Crippen MR) is 140 cm³/mol. The molecule has 0 spiro atoms. The maximum absolute atomic E-state index is 12.8. The number of amides is 2. The Hall–Kier alpha value is -3.91. The number of carbonyl (C=O) groups excluding carboxylic acids is 2. The summed E-state index contributed by atoms with van der Waals surface area (Å²) in [4.78, 5) is 26.8. The van der Waals surface area contributed by atoms with E-state index in [1.807, 2.05) is 73.7 Å². The van der Waals surface area contributed by atoms with Crippen LogP contribution in [0.1, 0.15) is 12.5 Å². The molecular weight excluding hydrogens is 478 g/mol. The van der Waals surface area contributed by atoms with Crippen molar-refractivity contribution in [3.05, 3.63) is 89.3 Å². The molecule has 8 heteroatoms. The standard InChI is InChI=1S/C28H27NO6S/c1-2-32-25-19-21(13-14-24(25)35-18-17-34-23-11-7-4-8-12-23)20-26-27(30)29(28(31)36-26)15-16-33-22-9-5-3-6-10-22/h3-14,19-20H,2,15-18H2,1H3/b26-20-. The molecule has 0 N–H and O–H groups in total. The minimum Gasteiger partial charge on any atom is -0.492 e. The first-order valence-electron chi connectivity index (χ1n) is 11.6. The summed E-state index contributed by atoms with van der Waals surface area (Å²) in [5.74, 6) is 2.27. The quantitative estimate of drug-likeness (QED) is 0.232. The third-order valence-corrected chi connectivity index (χ3v) is 6.03. The van der Waals surface area contributed by atoms with Crippen LogP contribution in [0.5, 0.6) is 23.0 Å². The Morgan fingerprint density at radius 3 is 2.06 bits per heavy atom. The topological polar surface area (TPSA) is 74.3 Å². The highest BCUT2D eigenvalue weighted by Gasteiger charge is 2.34. The highest BCUT2D eigenvalue weighted by atomic mass is 32.2. The van der Waals surface area contributed by atoms with E-state index >= 15 is 0 Å². The zero-order valence-corrected chi connectivity index (χ0v) is 20.7. The van der Waals surface area contributed by atoms with Crippen LogP contribution < -0.4 is 18.9 Å². The Kier molecular flexibility index (Phi) is 8.88. The second kappa shape index (κ2) is 12.7. The third-order valence-electron chi connectivity index (χ3n) is 5.12. The minimum absolute atomic E-state index is 0.179. The molecule has 0 bridgehead atoms. The van der Waals surface area contributed by atoms with Gasteiger partial charge in [0.15, 0.2) is 11.5 Å². The van der Waals surface area contributed by atoms with Crippen LogP contribution in [-0.4, -0.2) is 49.0 Å². The van der Waals surface area contributed by atoms with Gasteiger partial charge in [0.05, 0.1) is 18.1 Å². The van der Waals surface area contributed by atoms with Crippen LogP contribution >= 0.6 is 11.8 Å². The Balaban J connectivity index is 1.35. The lowest BCUT2D eigenvalue weighted by Gasteiger charge is -2.14. The van der Waals surface area contributed by atoms with Gasteiger partial charge in [-0.3, -0.25) is 14.5 Å². The molecule has 1 saturated heterocycles. The number of benzene rings is 3. The molecule has 3 aromatic rings. The van der Waals surface area contributed by atoms with Crippen LogP contribution in [0.15, 0.2) is 83.8 Å². The highest BCUT2D eigenvalue weighted by Crippen LogP contribution is 2.34. The van der Waals surface area contributed by atoms with E-state index in [9.17, 15) is 9.59 Å². The van der Waals surface area contributed by atoms with Crippen molar-refractivity contribution in [3.8, 4) is 23.0 Å². The number of hydrogen-bond donors (Lipinski definition) is 0. The van der Waals surface area contributed by atoms with Gasteiger partial charge in [-0.2, -0.15) is 0 Å². The number of carbonyl (C=O) groups is 2. The molecule has 0 aliphatic carbocycles. The van der Waals surface area contributed by atoms with E-state index in [2.05, 4.69) is 0 Å². The average Bonchev–Trinajstić information content (AvgIpc) is 3.16. The van der Waals surface area contributed by atoms with Gasteiger partial charge < -0.3 is 18.9 Å². The zero-order valence-electron chi connectivity index (χ0n) is 19.9. The fraction of sp³-hybridized carbons (Fsp3) is 0.214. The van der Waals surface area contributed by atoms with Gasteiger partial charge in [-0.15, -0.1) is 0 Å². The fourth-order valence-electron chi connectivity index (χ4n) is 3.45. The number of imide groups is 1. The maximum Gasteiger partial charge on any atom is 0.293 e. The van der Waals surface area contributed by atoms with Crippen molar-refractivity contribution >= 4 is 29.0 Å². The lowest BCUT2D eigenvalue weighted by Crippen LogP contribution is -2.32. The van der Waals surface area contributed by atoms with E-state index in [0.29, 0.717) is 42.0 Å². The molecule has 0 saturated carbocycles. The Morgan fingerprint density at radius 2 is 1.39 bits per heavy atom. The molecule has 3 aromatic carbocycles. The number of hydrogen-bond acceptors (Lipinski definition) is 7. The van der Waals surface area contributed by atoms with Gasteiger partial charge in [0.25, 0.3) is 11.1 Å². The molecule has 0 radical (unpaired) electrons. The van der Waals surface area contributed by atoms with Gasteiger partial charge in [0, 0.05) is 0 Å². The van der Waals surface area contributed by atoms with E-state index in [-0.39, 0.29) is 24.3 Å². The van der Waals surface area contributed by atoms with Gasteiger partial charge in [-0.1, -0.05) is 42.5 Å². The highest BCUT2D eigenvalue weighted by molar-refractivity contribution is 8.18. The summed E-state index contributed by atoms with van der Waals surface area (Å²) in [6.07, 6.45) is 1.69. The Labute approximate surface area is 214 Å². The van der Waals surface area contributed by atoms with Crippen molar-refractivity contribution in [1.29, 1.82) is 0 Å². The van der Waals surface area contributed by atoms with Crippen LogP contribution in [0.4, 0.5) is 4.79 Å². The van der Waals surface area contributed by atoms with Crippen molar-refractivity contribution in [3.63, 3.8) is 0 Å². The normalized spacial score (nSPS) is 14.2. The summed E-state index contributed by atoms with van der Waals surface area (Å²) < 4.78 is 22.9. The molecule has 186 valence electrons. The second-order valence-corrected chi connectivity index (χ2v) is 8.64. The monoisotopic (exact) mass is 505 g/mol. The molecule has 1 fully saturated rings. The fourth-order valence-corrected chi connectivity index (χ4v) is 4.31. The molecule has 0 aromatic heterocycles. The number of para-hydroxylation sites is 2. The molecule has 1 aliphatic heterocycles. The molecule has 36 heavy (non-hydrogen) atoms. The van der Waals surface area contributed by atoms with Crippen LogP contribution in [0.25, 0.3) is 6.08 Å². The number of thioether (sulfide) groups is 1. The lowest BCUT2D eigenvalue weighted by molar-refractivity contribution is -0.123. The SMILES string of the molecule is CCOc1cc(/C=C2\SC(=O)N(CCOc3ccccc3)C2=O)ccc1OCCOc1ccccc1. The number of ether oxygens (including phenoxy) is 4. The van der Waals surface area contributed by atoms with E-state index in [1.165, 1.54) is 4.90 Å². The van der Waals surface area contributed by atoms with Crippen LogP contribution in [0, 0.1) is 0 Å². The molecule has 4 rings (SSSR count). The zero-order chi connectivity index (χ0) is 25.2. The summed E-state index contributed by atoms with van der Waals surface area (Å²) in [7, 11) is 0. The molecule has 7 nitrogen and oxygen atoms in total. The van der Waals surface area contributed by atoms with Crippen LogP contribution in [0.2, 0.25) is 0 Å². The van der Waals surface area contributed by atoms with Gasteiger partial charge >= 0.3 is 0 Å². The number of rotatable bonds is 12. The van der Waals surface area contributed by atoms with Gasteiger partial charge in [-0.25, -0.2) is 0 Å². The van der Waals surface area contributed by atoms with Crippen molar-refractivity contribution < 1.29 is 28.5 Å². The van der Waals surface area contributed by atoms with Gasteiger partial charge in [-0.05, 0) is 66.7 Å². The first kappa shape index (κ1) is 25.2. The van der Waals surface area contributed by atoms with Crippen LogP contribution in [-0.2, 0) is 4.79 Å². The van der Waals surface area contributed by atoms with Gasteiger partial charge in [0.1, 0.15) is 31.3 Å². The maximum atomic E-state index is 12.8. The Bertz CT molecular complexity index is 1200. The number of nitrogens with zero attached hydrogens (tertiary/aromatic N) is 1. The molecule has 0 atom stereocenters. The molecular formula is C28H27NO6S. The van der Waals surface area contributed by atoms with E-state index in [4.69, 9.17) is 18.9 Å². The lowest BCUT2D eigenvalue weighted by atomic mass is 10.2. The molecule has 2 amide bonds. The minimum atomic E-state index is -0.335. The van der Waals surface area contributed by atoms with Crippen molar-refractivity contribution in [2.45, 2.75) is 6.92 Å². The van der Waals surface area contributed by atoms with Crippen molar-refractivity contribution in [1.82, 2.24) is 4.90 Å². The van der Waals surface area contributed by atoms with Crippen LogP contribution in [0.3, 0.4) is 0 Å². The smallest absolute Gasteiger partial charge is 0.293 e. The molecule has 1 heterocycles. The summed E-state index contributed by atoms with van der Waals surface area (Å²) >= 11 is 0.915. The second-order valence-electron chi connectivity index (χ2n) is 7.64. The first-order chi connectivity index (χ1) is 17.6. The Morgan fingerprint density at radius 1 is 0.750 bits per heavy atom. The molecule has 0 unspecified atom stereocenters. The van der Waals surface area contributed by atoms with Gasteiger partial charge in [0.2, 0.25) is 0 Å². The largest absolute Gasteiger partial charge is 0.492 e.